The minimum absolute atomic E-state index is 0.368. The number of nitrogens with zero attached hydrogens (tertiary/aromatic N) is 1. The Balaban J connectivity index is 2.45. The van der Waals surface area contributed by atoms with Crippen molar-refractivity contribution in [1.82, 2.24) is 10.2 Å². The van der Waals surface area contributed by atoms with Gasteiger partial charge in [0, 0.05) is 10.0 Å². The maximum absolute atomic E-state index is 14.2. The molecule has 1 aromatic rings. The summed E-state index contributed by atoms with van der Waals surface area (Å²) in [6, 6.07) is 3.54. The average Bonchev–Trinajstić information content (AvgIpc) is 2.47. The molecule has 1 fully saturated rings. The molecule has 5 nitrogen and oxygen atoms in total. The van der Waals surface area contributed by atoms with E-state index in [1.807, 2.05) is 0 Å². The standard InChI is InChI=1S/C16H18BrF3N2O3/c1-15(2,3)25-14(24)22-7-12(23)21-16(8-22,13(19)20)10-6-9(17)4-5-11(10)18/h4-6,13H,7-8H2,1-3H3,(H,21,23). The van der Waals surface area contributed by atoms with E-state index in [0.29, 0.717) is 4.47 Å². The van der Waals surface area contributed by atoms with Gasteiger partial charge < -0.3 is 10.1 Å². The smallest absolute Gasteiger partial charge is 0.410 e. The first-order valence-corrected chi connectivity index (χ1v) is 8.26. The molecule has 1 aromatic carbocycles. The van der Waals surface area contributed by atoms with Crippen LogP contribution >= 0.6 is 15.9 Å². The third-order valence-corrected chi connectivity index (χ3v) is 4.06. The lowest BCUT2D eigenvalue weighted by atomic mass is 9.87. The van der Waals surface area contributed by atoms with Crippen molar-refractivity contribution in [2.24, 2.45) is 0 Å². The summed E-state index contributed by atoms with van der Waals surface area (Å²) in [6.07, 6.45) is -4.06. The number of piperazine rings is 1. The minimum atomic E-state index is -3.15. The third kappa shape index (κ3) is 4.26. The number of hydrogen-bond acceptors (Lipinski definition) is 3. The summed E-state index contributed by atoms with van der Waals surface area (Å²) in [7, 11) is 0. The quantitative estimate of drug-likeness (QED) is 0.794. The molecule has 0 bridgehead atoms. The molecule has 25 heavy (non-hydrogen) atoms. The molecule has 138 valence electrons. The first kappa shape index (κ1) is 19.6. The van der Waals surface area contributed by atoms with Crippen molar-refractivity contribution < 1.29 is 27.5 Å². The maximum Gasteiger partial charge on any atom is 0.410 e. The van der Waals surface area contributed by atoms with Crippen LogP contribution in [-0.2, 0) is 15.1 Å². The van der Waals surface area contributed by atoms with Gasteiger partial charge in [0.15, 0.2) is 0 Å². The van der Waals surface area contributed by atoms with Gasteiger partial charge in [0.05, 0.1) is 6.54 Å². The molecule has 0 spiro atoms. The number of alkyl halides is 2. The Labute approximate surface area is 151 Å². The summed E-state index contributed by atoms with van der Waals surface area (Å²) in [4.78, 5) is 25.1. The molecule has 1 aliphatic heterocycles. The molecule has 0 saturated carbocycles. The van der Waals surface area contributed by atoms with Crippen LogP contribution in [0.2, 0.25) is 0 Å². The molecular weight excluding hydrogens is 405 g/mol. The number of carbonyl (C=O) groups excluding carboxylic acids is 2. The topological polar surface area (TPSA) is 58.6 Å². The van der Waals surface area contributed by atoms with Gasteiger partial charge in [-0.15, -0.1) is 0 Å². The molecule has 1 heterocycles. The highest BCUT2D eigenvalue weighted by atomic mass is 79.9. The van der Waals surface area contributed by atoms with Gasteiger partial charge in [-0.2, -0.15) is 0 Å². The third-order valence-electron chi connectivity index (χ3n) is 3.57. The second kappa shape index (κ2) is 6.86. The number of rotatable bonds is 2. The Morgan fingerprint density at radius 3 is 2.60 bits per heavy atom. The largest absolute Gasteiger partial charge is 0.444 e. The Bertz CT molecular complexity index is 694. The van der Waals surface area contributed by atoms with Crippen LogP contribution in [0.1, 0.15) is 26.3 Å². The van der Waals surface area contributed by atoms with Crippen LogP contribution in [0.25, 0.3) is 0 Å². The van der Waals surface area contributed by atoms with Crippen molar-refractivity contribution in [2.45, 2.75) is 38.3 Å². The summed E-state index contributed by atoms with van der Waals surface area (Å²) >= 11 is 3.11. The molecule has 0 aliphatic carbocycles. The highest BCUT2D eigenvalue weighted by Gasteiger charge is 2.50. The highest BCUT2D eigenvalue weighted by molar-refractivity contribution is 9.10. The summed E-state index contributed by atoms with van der Waals surface area (Å²) in [5, 5.41) is 2.16. The van der Waals surface area contributed by atoms with Gasteiger partial charge in [-0.05, 0) is 39.0 Å². The van der Waals surface area contributed by atoms with Crippen molar-refractivity contribution in [3.8, 4) is 0 Å². The zero-order valence-electron chi connectivity index (χ0n) is 13.9. The van der Waals surface area contributed by atoms with Crippen molar-refractivity contribution in [1.29, 1.82) is 0 Å². The van der Waals surface area contributed by atoms with Crippen LogP contribution in [0, 0.1) is 5.82 Å². The normalized spacial score (nSPS) is 21.3. The zero-order valence-corrected chi connectivity index (χ0v) is 15.5. The van der Waals surface area contributed by atoms with E-state index < -0.39 is 54.0 Å². The summed E-state index contributed by atoms with van der Waals surface area (Å²) in [6.45, 7) is 3.79. The molecule has 1 unspecified atom stereocenters. The van der Waals surface area contributed by atoms with E-state index in [4.69, 9.17) is 4.74 Å². The number of amides is 2. The predicted octanol–water partition coefficient (Wildman–Crippen LogP) is 3.42. The van der Waals surface area contributed by atoms with Gasteiger partial charge in [0.2, 0.25) is 5.91 Å². The van der Waals surface area contributed by atoms with Crippen LogP contribution in [-0.4, -0.2) is 42.0 Å². The Kier molecular flexibility index (Phi) is 5.36. The number of benzene rings is 1. The first-order chi connectivity index (χ1) is 11.4. The van der Waals surface area contributed by atoms with E-state index >= 15 is 0 Å². The lowest BCUT2D eigenvalue weighted by Gasteiger charge is -2.43. The van der Waals surface area contributed by atoms with Crippen molar-refractivity contribution in [3.05, 3.63) is 34.1 Å². The molecule has 2 amide bonds. The second-order valence-electron chi connectivity index (χ2n) is 6.78. The fourth-order valence-electron chi connectivity index (χ4n) is 2.55. The SMILES string of the molecule is CC(C)(C)OC(=O)N1CC(=O)NC(c2cc(Br)ccc2F)(C(F)F)C1. The van der Waals surface area contributed by atoms with Gasteiger partial charge in [0.1, 0.15) is 23.5 Å². The summed E-state index contributed by atoms with van der Waals surface area (Å²) in [5.74, 6) is -1.73. The molecule has 0 radical (unpaired) electrons. The van der Waals surface area contributed by atoms with Gasteiger partial charge >= 0.3 is 6.09 Å². The van der Waals surface area contributed by atoms with Gasteiger partial charge in [-0.3, -0.25) is 9.69 Å². The molecule has 9 heteroatoms. The maximum atomic E-state index is 14.2. The number of ether oxygens (including phenoxy) is 1. The molecule has 1 saturated heterocycles. The van der Waals surface area contributed by atoms with E-state index in [1.54, 1.807) is 20.8 Å². The Hall–Kier alpha value is -1.77. The van der Waals surface area contributed by atoms with E-state index in [-0.39, 0.29) is 0 Å². The van der Waals surface area contributed by atoms with Gasteiger partial charge in [-0.1, -0.05) is 15.9 Å². The highest BCUT2D eigenvalue weighted by Crippen LogP contribution is 2.35. The van der Waals surface area contributed by atoms with Gasteiger partial charge in [-0.25, -0.2) is 18.0 Å². The van der Waals surface area contributed by atoms with Crippen molar-refractivity contribution >= 4 is 27.9 Å². The molecule has 0 aromatic heterocycles. The van der Waals surface area contributed by atoms with E-state index in [2.05, 4.69) is 21.2 Å². The van der Waals surface area contributed by atoms with Crippen molar-refractivity contribution in [3.63, 3.8) is 0 Å². The first-order valence-electron chi connectivity index (χ1n) is 7.47. The predicted molar refractivity (Wildman–Crippen MR) is 87.7 cm³/mol. The summed E-state index contributed by atoms with van der Waals surface area (Å²) in [5.41, 5.74) is -3.63. The van der Waals surface area contributed by atoms with Crippen LogP contribution in [0.5, 0.6) is 0 Å². The number of carbonyl (C=O) groups is 2. The monoisotopic (exact) mass is 422 g/mol. The molecule has 1 atom stereocenters. The number of halogens is 4. The van der Waals surface area contributed by atoms with Crippen LogP contribution in [0.3, 0.4) is 0 Å². The lowest BCUT2D eigenvalue weighted by molar-refractivity contribution is -0.133. The number of hydrogen-bond donors (Lipinski definition) is 1. The molecular formula is C16H18BrF3N2O3. The molecule has 1 aliphatic rings. The lowest BCUT2D eigenvalue weighted by Crippen LogP contribution is -2.65. The van der Waals surface area contributed by atoms with E-state index in [0.717, 1.165) is 11.0 Å². The van der Waals surface area contributed by atoms with E-state index in [1.165, 1.54) is 12.1 Å². The number of nitrogens with one attached hydrogen (secondary N) is 1. The van der Waals surface area contributed by atoms with E-state index in [9.17, 15) is 22.8 Å². The van der Waals surface area contributed by atoms with Gasteiger partial charge in [0.25, 0.3) is 6.43 Å². The van der Waals surface area contributed by atoms with Crippen molar-refractivity contribution in [2.75, 3.05) is 13.1 Å². The Morgan fingerprint density at radius 2 is 2.04 bits per heavy atom. The van der Waals surface area contributed by atoms with Crippen LogP contribution in [0.4, 0.5) is 18.0 Å². The van der Waals surface area contributed by atoms with Crippen LogP contribution < -0.4 is 5.32 Å². The molecule has 1 N–H and O–H groups in total. The fourth-order valence-corrected chi connectivity index (χ4v) is 2.91. The minimum Gasteiger partial charge on any atom is -0.444 e. The fraction of sp³-hybridized carbons (Fsp3) is 0.500. The average molecular weight is 423 g/mol. The Morgan fingerprint density at radius 1 is 1.40 bits per heavy atom. The van der Waals surface area contributed by atoms with Crippen LogP contribution in [0.15, 0.2) is 22.7 Å². The molecule has 2 rings (SSSR count). The second-order valence-corrected chi connectivity index (χ2v) is 7.70. The zero-order chi connectivity index (χ0) is 19.0. The summed E-state index contributed by atoms with van der Waals surface area (Å²) < 4.78 is 47.7.